The first-order valence-electron chi connectivity index (χ1n) is 10.6. The monoisotopic (exact) mass is 471 g/mol. The summed E-state index contributed by atoms with van der Waals surface area (Å²) >= 11 is 1.63. The molecule has 0 spiro atoms. The van der Waals surface area contributed by atoms with Gasteiger partial charge in [-0.2, -0.15) is 5.10 Å². The number of thiazole rings is 1. The van der Waals surface area contributed by atoms with Crippen LogP contribution in [0.4, 0.5) is 5.69 Å². The van der Waals surface area contributed by atoms with Crippen LogP contribution >= 0.6 is 11.3 Å². The van der Waals surface area contributed by atoms with Gasteiger partial charge >= 0.3 is 5.97 Å². The second kappa shape index (κ2) is 8.68. The molecule has 34 heavy (non-hydrogen) atoms. The molecule has 8 nitrogen and oxygen atoms in total. The second-order valence-corrected chi connectivity index (χ2v) is 9.03. The fourth-order valence-electron chi connectivity index (χ4n) is 3.68. The van der Waals surface area contributed by atoms with E-state index < -0.39 is 18.5 Å². The first-order chi connectivity index (χ1) is 16.4. The summed E-state index contributed by atoms with van der Waals surface area (Å²) in [7, 11) is 1.79. The summed E-state index contributed by atoms with van der Waals surface area (Å²) < 4.78 is 7.96. The van der Waals surface area contributed by atoms with Gasteiger partial charge in [0.05, 0.1) is 21.5 Å². The van der Waals surface area contributed by atoms with Crippen molar-refractivity contribution in [3.8, 4) is 10.6 Å². The van der Waals surface area contributed by atoms with Gasteiger partial charge in [0.25, 0.3) is 5.91 Å². The maximum atomic E-state index is 12.4. The summed E-state index contributed by atoms with van der Waals surface area (Å²) in [6.45, 7) is 3.50. The molecule has 0 aliphatic heterocycles. The van der Waals surface area contributed by atoms with Crippen molar-refractivity contribution in [2.75, 3.05) is 11.9 Å². The Morgan fingerprint density at radius 1 is 1.09 bits per heavy atom. The van der Waals surface area contributed by atoms with Gasteiger partial charge in [-0.1, -0.05) is 6.07 Å². The fraction of sp³-hybridized carbons (Fsp3) is 0.160. The van der Waals surface area contributed by atoms with Crippen molar-refractivity contribution in [2.45, 2.75) is 13.8 Å². The molecule has 0 bridgehead atoms. The predicted molar refractivity (Wildman–Crippen MR) is 132 cm³/mol. The van der Waals surface area contributed by atoms with Gasteiger partial charge in [-0.05, 0) is 61.9 Å². The number of aromatic nitrogens is 4. The number of aryl methyl sites for hydroxylation is 3. The van der Waals surface area contributed by atoms with Crippen LogP contribution in [-0.4, -0.2) is 38.2 Å². The van der Waals surface area contributed by atoms with Crippen molar-refractivity contribution in [2.24, 2.45) is 7.05 Å². The molecule has 0 atom stereocenters. The van der Waals surface area contributed by atoms with Crippen molar-refractivity contribution in [1.29, 1.82) is 0 Å². The summed E-state index contributed by atoms with van der Waals surface area (Å²) in [6, 6.07) is 15.3. The number of ether oxygens (including phenoxy) is 1. The highest BCUT2D eigenvalue weighted by atomic mass is 32.1. The van der Waals surface area contributed by atoms with E-state index in [4.69, 9.17) is 4.74 Å². The zero-order valence-electron chi connectivity index (χ0n) is 18.8. The number of amides is 1. The van der Waals surface area contributed by atoms with Crippen molar-refractivity contribution in [3.05, 3.63) is 71.5 Å². The summed E-state index contributed by atoms with van der Waals surface area (Å²) in [6.07, 6.45) is 1.42. The molecule has 0 aliphatic carbocycles. The standard InChI is InChI=1S/C25H21N5O3S/c1-14-4-9-20-21(10-14)34-24(28-20)16-5-7-18(8-6-16)27-22(31)13-33-25(32)17-11-19-15(2)29-30(3)23(19)26-12-17/h4-12H,13H2,1-3H3,(H,27,31). The van der Waals surface area contributed by atoms with E-state index in [1.165, 1.54) is 11.8 Å². The van der Waals surface area contributed by atoms with Crippen LogP contribution < -0.4 is 5.32 Å². The highest BCUT2D eigenvalue weighted by Gasteiger charge is 2.15. The number of benzene rings is 2. The van der Waals surface area contributed by atoms with Gasteiger partial charge in [0.15, 0.2) is 12.3 Å². The molecule has 0 aliphatic rings. The topological polar surface area (TPSA) is 99.0 Å². The molecule has 0 radical (unpaired) electrons. The molecule has 0 saturated heterocycles. The Bertz CT molecular complexity index is 1550. The molecule has 170 valence electrons. The van der Waals surface area contributed by atoms with Gasteiger partial charge < -0.3 is 10.1 Å². The zero-order valence-corrected chi connectivity index (χ0v) is 19.6. The number of fused-ring (bicyclic) bond motifs is 2. The van der Waals surface area contributed by atoms with E-state index in [0.717, 1.165) is 31.9 Å². The van der Waals surface area contributed by atoms with Crippen molar-refractivity contribution in [3.63, 3.8) is 0 Å². The molecule has 5 rings (SSSR count). The number of rotatable bonds is 5. The number of esters is 1. The SMILES string of the molecule is Cc1ccc2nc(-c3ccc(NC(=O)COC(=O)c4cnc5c(c4)c(C)nn5C)cc3)sc2c1. The minimum absolute atomic E-state index is 0.270. The number of carbonyl (C=O) groups excluding carboxylic acids is 2. The predicted octanol–water partition coefficient (Wildman–Crippen LogP) is 4.66. The Labute approximate surface area is 199 Å². The number of nitrogens with one attached hydrogen (secondary N) is 1. The summed E-state index contributed by atoms with van der Waals surface area (Å²) in [4.78, 5) is 33.6. The largest absolute Gasteiger partial charge is 0.452 e. The summed E-state index contributed by atoms with van der Waals surface area (Å²) in [5, 5.41) is 8.71. The lowest BCUT2D eigenvalue weighted by atomic mass is 10.2. The lowest BCUT2D eigenvalue weighted by Crippen LogP contribution is -2.21. The molecule has 0 unspecified atom stereocenters. The van der Waals surface area contributed by atoms with Crippen molar-refractivity contribution in [1.82, 2.24) is 19.7 Å². The molecule has 3 aromatic heterocycles. The molecule has 5 aromatic rings. The maximum Gasteiger partial charge on any atom is 0.340 e. The molecule has 0 saturated carbocycles. The minimum atomic E-state index is -0.616. The number of hydrogen-bond donors (Lipinski definition) is 1. The Kier molecular flexibility index (Phi) is 5.54. The van der Waals surface area contributed by atoms with Gasteiger partial charge in [-0.25, -0.2) is 14.8 Å². The van der Waals surface area contributed by atoms with E-state index in [0.29, 0.717) is 11.3 Å². The van der Waals surface area contributed by atoms with Crippen LogP contribution in [0.2, 0.25) is 0 Å². The van der Waals surface area contributed by atoms with Gasteiger partial charge in [0.2, 0.25) is 0 Å². The smallest absolute Gasteiger partial charge is 0.340 e. The number of nitrogens with zero attached hydrogens (tertiary/aromatic N) is 4. The van der Waals surface area contributed by atoms with Crippen molar-refractivity contribution < 1.29 is 14.3 Å². The van der Waals surface area contributed by atoms with E-state index >= 15 is 0 Å². The van der Waals surface area contributed by atoms with E-state index in [1.54, 1.807) is 41.3 Å². The third-order valence-electron chi connectivity index (χ3n) is 5.39. The van der Waals surface area contributed by atoms with E-state index in [2.05, 4.69) is 33.4 Å². The number of pyridine rings is 1. The molecule has 0 fully saturated rings. The van der Waals surface area contributed by atoms with E-state index in [1.807, 2.05) is 31.2 Å². The Morgan fingerprint density at radius 2 is 1.88 bits per heavy atom. The van der Waals surface area contributed by atoms with Crippen LogP contribution in [-0.2, 0) is 16.6 Å². The molecule has 2 aromatic carbocycles. The van der Waals surface area contributed by atoms with E-state index in [-0.39, 0.29) is 5.56 Å². The second-order valence-electron chi connectivity index (χ2n) is 8.00. The van der Waals surface area contributed by atoms with Gasteiger partial charge in [-0.15, -0.1) is 11.3 Å². The van der Waals surface area contributed by atoms with Gasteiger partial charge in [0.1, 0.15) is 5.01 Å². The first-order valence-corrected chi connectivity index (χ1v) is 11.4. The van der Waals surface area contributed by atoms with Gasteiger partial charge in [0, 0.05) is 29.9 Å². The highest BCUT2D eigenvalue weighted by molar-refractivity contribution is 7.21. The summed E-state index contributed by atoms with van der Waals surface area (Å²) in [5.74, 6) is -1.04. The maximum absolute atomic E-state index is 12.4. The van der Waals surface area contributed by atoms with Crippen LogP contribution in [0.3, 0.4) is 0 Å². The molecule has 3 heterocycles. The number of anilines is 1. The van der Waals surface area contributed by atoms with Gasteiger partial charge in [-0.3, -0.25) is 9.48 Å². The van der Waals surface area contributed by atoms with Crippen LogP contribution in [0.5, 0.6) is 0 Å². The normalized spacial score (nSPS) is 11.1. The first kappa shape index (κ1) is 21.7. The number of carbonyl (C=O) groups is 2. The molecule has 9 heteroatoms. The average molecular weight is 472 g/mol. The molecular formula is C25H21N5O3S. The lowest BCUT2D eigenvalue weighted by molar-refractivity contribution is -0.119. The van der Waals surface area contributed by atoms with Crippen LogP contribution in [0.25, 0.3) is 31.8 Å². The Balaban J connectivity index is 1.20. The van der Waals surface area contributed by atoms with Crippen LogP contribution in [0.15, 0.2) is 54.7 Å². The lowest BCUT2D eigenvalue weighted by Gasteiger charge is -2.07. The quantitative estimate of drug-likeness (QED) is 0.375. The third kappa shape index (κ3) is 4.25. The summed E-state index contributed by atoms with van der Waals surface area (Å²) in [5.41, 5.74) is 5.46. The minimum Gasteiger partial charge on any atom is -0.452 e. The third-order valence-corrected chi connectivity index (χ3v) is 6.46. The number of hydrogen-bond acceptors (Lipinski definition) is 7. The molecule has 1 N–H and O–H groups in total. The van der Waals surface area contributed by atoms with Crippen molar-refractivity contribution >= 4 is 50.2 Å². The molecule has 1 amide bonds. The highest BCUT2D eigenvalue weighted by Crippen LogP contribution is 2.31. The Morgan fingerprint density at radius 3 is 2.68 bits per heavy atom. The van der Waals surface area contributed by atoms with Crippen LogP contribution in [0, 0.1) is 13.8 Å². The fourth-order valence-corrected chi connectivity index (χ4v) is 4.75. The zero-order chi connectivity index (χ0) is 23.8. The Hall–Kier alpha value is -4.11. The average Bonchev–Trinajstić information content (AvgIpc) is 3.37. The van der Waals surface area contributed by atoms with Crippen LogP contribution in [0.1, 0.15) is 21.6 Å². The van der Waals surface area contributed by atoms with E-state index in [9.17, 15) is 9.59 Å². The molecular weight excluding hydrogens is 450 g/mol.